The van der Waals surface area contributed by atoms with E-state index in [0.717, 1.165) is 30.5 Å². The molecule has 0 fully saturated rings. The number of nitrogens with zero attached hydrogens (tertiary/aromatic N) is 1. The summed E-state index contributed by atoms with van der Waals surface area (Å²) in [5, 5.41) is 10.5. The second-order valence-corrected chi connectivity index (χ2v) is 6.01. The lowest BCUT2D eigenvalue weighted by atomic mass is 10.0. The monoisotopic (exact) mass is 343 g/mol. The van der Waals surface area contributed by atoms with Gasteiger partial charge < -0.3 is 9.84 Å². The highest BCUT2D eigenvalue weighted by Gasteiger charge is 2.22. The van der Waals surface area contributed by atoms with Crippen LogP contribution in [-0.4, -0.2) is 11.0 Å². The summed E-state index contributed by atoms with van der Waals surface area (Å²) in [4.78, 5) is 4.56. The number of fused-ring (bicyclic) bond motifs is 1. The number of phenolic OH excluding ortho intramolecular Hbond substituents is 1. The molecule has 0 radical (unpaired) electrons. The van der Waals surface area contributed by atoms with Crippen molar-refractivity contribution >= 4 is 28.9 Å². The van der Waals surface area contributed by atoms with Gasteiger partial charge in [-0.1, -0.05) is 50.3 Å². The number of rotatable bonds is 6. The minimum atomic E-state index is 0.247. The largest absolute Gasteiger partial charge is 0.508 e. The molecule has 0 amide bonds. The molecule has 0 aliphatic carbocycles. The number of aliphatic imine (C=N–C) groups is 1. The Kier molecular flexibility index (Phi) is 6.04. The van der Waals surface area contributed by atoms with E-state index in [4.69, 9.17) is 16.3 Å². The van der Waals surface area contributed by atoms with Crippen LogP contribution in [0.3, 0.4) is 0 Å². The lowest BCUT2D eigenvalue weighted by Gasteiger charge is -2.21. The van der Waals surface area contributed by atoms with E-state index in [1.807, 2.05) is 25.1 Å². The molecular weight excluding hydrogens is 322 g/mol. The number of unbranched alkanes of at least 4 members (excludes halogenated alkanes) is 1. The number of phenols is 1. The van der Waals surface area contributed by atoms with E-state index in [0.29, 0.717) is 27.8 Å². The summed E-state index contributed by atoms with van der Waals surface area (Å²) >= 11 is 6.09. The van der Waals surface area contributed by atoms with Gasteiger partial charge in [0, 0.05) is 10.6 Å². The number of hydrogen-bond donors (Lipinski definition) is 1. The third-order valence-corrected chi connectivity index (χ3v) is 3.92. The average molecular weight is 344 g/mol. The molecule has 1 aliphatic rings. The van der Waals surface area contributed by atoms with Crippen LogP contribution in [0.5, 0.6) is 5.75 Å². The summed E-state index contributed by atoms with van der Waals surface area (Å²) in [6.45, 7) is 11.7. The van der Waals surface area contributed by atoms with E-state index in [1.54, 1.807) is 12.1 Å². The number of hydrogen-bond acceptors (Lipinski definition) is 3. The summed E-state index contributed by atoms with van der Waals surface area (Å²) in [7, 11) is 0. The van der Waals surface area contributed by atoms with Crippen molar-refractivity contribution in [3.63, 3.8) is 0 Å². The Morgan fingerprint density at radius 3 is 2.79 bits per heavy atom. The molecule has 0 bridgehead atoms. The van der Waals surface area contributed by atoms with E-state index in [9.17, 15) is 5.11 Å². The van der Waals surface area contributed by atoms with Crippen LogP contribution < -0.4 is 0 Å². The van der Waals surface area contributed by atoms with Crippen molar-refractivity contribution in [1.29, 1.82) is 0 Å². The fourth-order valence-electron chi connectivity index (χ4n) is 2.39. The molecule has 0 spiro atoms. The number of allylic oxidation sites excluding steroid dienone is 3. The second kappa shape index (κ2) is 8.02. The molecule has 4 heteroatoms. The first-order valence-electron chi connectivity index (χ1n) is 7.97. The Morgan fingerprint density at radius 2 is 2.17 bits per heavy atom. The van der Waals surface area contributed by atoms with Gasteiger partial charge in [-0.15, -0.1) is 0 Å². The van der Waals surface area contributed by atoms with Crippen molar-refractivity contribution in [2.45, 2.75) is 33.1 Å². The van der Waals surface area contributed by atoms with E-state index < -0.39 is 0 Å². The fraction of sp³-hybridized carbons (Fsp3) is 0.250. The fourth-order valence-corrected chi connectivity index (χ4v) is 2.54. The lowest BCUT2D eigenvalue weighted by Crippen LogP contribution is -2.12. The molecule has 24 heavy (non-hydrogen) atoms. The number of ether oxygens (including phenoxy) is 1. The van der Waals surface area contributed by atoms with Crippen molar-refractivity contribution in [2.24, 2.45) is 4.99 Å². The SMILES string of the molecule is C=C(Cl)/C(=C\C=C/C)C1=Nc2cc(CCCC)c(O)cc2C(=C)O1. The van der Waals surface area contributed by atoms with Crippen molar-refractivity contribution in [3.05, 3.63) is 65.3 Å². The van der Waals surface area contributed by atoms with Crippen LogP contribution in [0, 0.1) is 0 Å². The molecule has 1 aromatic carbocycles. The molecule has 0 atom stereocenters. The molecule has 1 heterocycles. The predicted molar refractivity (Wildman–Crippen MR) is 102 cm³/mol. The first-order valence-corrected chi connectivity index (χ1v) is 8.35. The van der Waals surface area contributed by atoms with E-state index in [2.05, 4.69) is 25.1 Å². The van der Waals surface area contributed by atoms with E-state index >= 15 is 0 Å². The highest BCUT2D eigenvalue weighted by atomic mass is 35.5. The Morgan fingerprint density at radius 1 is 1.42 bits per heavy atom. The molecule has 0 saturated carbocycles. The zero-order chi connectivity index (χ0) is 17.7. The Bertz CT molecular complexity index is 757. The van der Waals surface area contributed by atoms with Crippen LogP contribution in [0.4, 0.5) is 5.69 Å². The second-order valence-electron chi connectivity index (χ2n) is 5.55. The summed E-state index contributed by atoms with van der Waals surface area (Å²) in [5.41, 5.74) is 2.87. The standard InChI is InChI=1S/C20H22ClNO2/c1-5-7-9-15-11-18-17(12-19(15)23)14(4)24-20(22-18)16(13(3)21)10-8-6-2/h6,8,10-12,23H,3-5,7,9H2,1-2H3/b8-6-,16-10+. The molecule has 3 nitrogen and oxygen atoms in total. The highest BCUT2D eigenvalue weighted by molar-refractivity contribution is 6.35. The van der Waals surface area contributed by atoms with Gasteiger partial charge in [0.25, 0.3) is 0 Å². The summed E-state index contributed by atoms with van der Waals surface area (Å²) in [5.74, 6) is 1.03. The third kappa shape index (κ3) is 3.98. The zero-order valence-corrected chi connectivity index (χ0v) is 14.9. The molecule has 1 N–H and O–H groups in total. The first-order chi connectivity index (χ1) is 11.5. The summed E-state index contributed by atoms with van der Waals surface area (Å²) in [6, 6.07) is 3.55. The molecule has 1 aliphatic heterocycles. The van der Waals surface area contributed by atoms with Gasteiger partial charge in [-0.3, -0.25) is 0 Å². The topological polar surface area (TPSA) is 41.8 Å². The highest BCUT2D eigenvalue weighted by Crippen LogP contribution is 2.38. The van der Waals surface area contributed by atoms with Gasteiger partial charge in [0.05, 0.1) is 11.3 Å². The van der Waals surface area contributed by atoms with Gasteiger partial charge in [0.1, 0.15) is 11.5 Å². The van der Waals surface area contributed by atoms with Crippen molar-refractivity contribution in [2.75, 3.05) is 0 Å². The number of aryl methyl sites for hydroxylation is 1. The van der Waals surface area contributed by atoms with Gasteiger partial charge >= 0.3 is 0 Å². The van der Waals surface area contributed by atoms with Gasteiger partial charge in [-0.25, -0.2) is 4.99 Å². The minimum Gasteiger partial charge on any atom is -0.508 e. The van der Waals surface area contributed by atoms with E-state index in [-0.39, 0.29) is 5.75 Å². The number of halogens is 1. The smallest absolute Gasteiger partial charge is 0.228 e. The Balaban J connectivity index is 2.50. The number of benzene rings is 1. The predicted octanol–water partition coefficient (Wildman–Crippen LogP) is 6.02. The molecule has 126 valence electrons. The van der Waals surface area contributed by atoms with Crippen LogP contribution in [0.2, 0.25) is 0 Å². The van der Waals surface area contributed by atoms with Crippen LogP contribution in [0.25, 0.3) is 5.76 Å². The van der Waals surface area contributed by atoms with Crippen LogP contribution in [0.1, 0.15) is 37.8 Å². The van der Waals surface area contributed by atoms with E-state index in [1.165, 1.54) is 0 Å². The molecule has 2 rings (SSSR count). The maximum absolute atomic E-state index is 10.2. The van der Waals surface area contributed by atoms with Gasteiger partial charge in [-0.2, -0.15) is 0 Å². The summed E-state index contributed by atoms with van der Waals surface area (Å²) < 4.78 is 5.71. The van der Waals surface area contributed by atoms with Crippen molar-refractivity contribution in [1.82, 2.24) is 0 Å². The normalized spacial score (nSPS) is 14.4. The van der Waals surface area contributed by atoms with Gasteiger partial charge in [-0.05, 0) is 43.5 Å². The average Bonchev–Trinajstić information content (AvgIpc) is 2.54. The number of aromatic hydroxyl groups is 1. The first kappa shape index (κ1) is 18.1. The molecule has 0 aromatic heterocycles. The quantitative estimate of drug-likeness (QED) is 0.641. The maximum atomic E-state index is 10.2. The van der Waals surface area contributed by atoms with Gasteiger partial charge in [0.15, 0.2) is 0 Å². The maximum Gasteiger partial charge on any atom is 0.228 e. The molecule has 1 aromatic rings. The van der Waals surface area contributed by atoms with Crippen molar-refractivity contribution in [3.8, 4) is 5.75 Å². The molecule has 0 unspecified atom stereocenters. The van der Waals surface area contributed by atoms with Gasteiger partial charge in [0.2, 0.25) is 5.90 Å². The van der Waals surface area contributed by atoms with Crippen LogP contribution in [0.15, 0.2) is 59.1 Å². The summed E-state index contributed by atoms with van der Waals surface area (Å²) in [6.07, 6.45) is 8.39. The minimum absolute atomic E-state index is 0.247. The lowest BCUT2D eigenvalue weighted by molar-refractivity contribution is 0.464. The third-order valence-electron chi connectivity index (χ3n) is 3.72. The Labute approximate surface area is 148 Å². The van der Waals surface area contributed by atoms with Crippen LogP contribution in [-0.2, 0) is 11.2 Å². The zero-order valence-electron chi connectivity index (χ0n) is 14.1. The van der Waals surface area contributed by atoms with Crippen LogP contribution >= 0.6 is 11.6 Å². The Hall–Kier alpha value is -2.26. The molecular formula is C20H22ClNO2. The van der Waals surface area contributed by atoms with Crippen molar-refractivity contribution < 1.29 is 9.84 Å². The molecule has 0 saturated heterocycles.